The molecule has 5 heterocycles. The van der Waals surface area contributed by atoms with E-state index in [2.05, 4.69) is 40.2 Å². The summed E-state index contributed by atoms with van der Waals surface area (Å²) < 4.78 is 42.3. The zero-order valence-corrected chi connectivity index (χ0v) is 30.9. The van der Waals surface area contributed by atoms with Crippen molar-refractivity contribution in [1.82, 2.24) is 29.6 Å². The van der Waals surface area contributed by atoms with Crippen LogP contribution in [-0.2, 0) is 28.7 Å². The average Bonchev–Trinajstić information content (AvgIpc) is 3.49. The number of halogens is 3. The first kappa shape index (κ1) is 36.7. The third kappa shape index (κ3) is 7.31. The van der Waals surface area contributed by atoms with E-state index in [4.69, 9.17) is 5.10 Å². The molecular formula is C40H46F3N7O3. The van der Waals surface area contributed by atoms with Gasteiger partial charge in [0.1, 0.15) is 35.6 Å². The fourth-order valence-corrected chi connectivity index (χ4v) is 8.62. The number of nitrogens with one attached hydrogen (secondary N) is 1. The molecule has 10 nitrogen and oxygen atoms in total. The van der Waals surface area contributed by atoms with Crippen molar-refractivity contribution >= 4 is 34.3 Å². The molecule has 1 saturated heterocycles. The molecule has 1 saturated carbocycles. The minimum atomic E-state index is -4.68. The van der Waals surface area contributed by atoms with Gasteiger partial charge in [-0.25, -0.2) is 15.0 Å². The Morgan fingerprint density at radius 2 is 1.68 bits per heavy atom. The highest BCUT2D eigenvalue weighted by molar-refractivity contribution is 6.07. The Morgan fingerprint density at radius 3 is 2.40 bits per heavy atom. The first-order chi connectivity index (χ1) is 25.0. The van der Waals surface area contributed by atoms with Crippen molar-refractivity contribution in [2.75, 3.05) is 5.32 Å². The maximum absolute atomic E-state index is 14.5. The van der Waals surface area contributed by atoms with Crippen molar-refractivity contribution in [2.24, 2.45) is 10.8 Å². The van der Waals surface area contributed by atoms with Crippen LogP contribution in [0.3, 0.4) is 0 Å². The monoisotopic (exact) mass is 729 g/mol. The Kier molecular flexibility index (Phi) is 9.43. The molecular weight excluding hydrogens is 683 g/mol. The number of hydrogen-bond acceptors (Lipinski definition) is 7. The number of piperidine rings is 1. The van der Waals surface area contributed by atoms with E-state index >= 15 is 0 Å². The number of alkyl halides is 3. The van der Waals surface area contributed by atoms with Gasteiger partial charge in [0.25, 0.3) is 0 Å². The molecule has 4 aromatic rings. The van der Waals surface area contributed by atoms with Gasteiger partial charge in [-0.2, -0.15) is 18.3 Å². The summed E-state index contributed by atoms with van der Waals surface area (Å²) in [6.45, 7) is 9.26. The lowest BCUT2D eigenvalue weighted by atomic mass is 9.80. The van der Waals surface area contributed by atoms with Gasteiger partial charge in [-0.3, -0.25) is 19.1 Å². The molecule has 2 fully saturated rings. The molecule has 13 heteroatoms. The van der Waals surface area contributed by atoms with Crippen molar-refractivity contribution < 1.29 is 27.6 Å². The summed E-state index contributed by atoms with van der Waals surface area (Å²) in [5.74, 6) is -0.652. The smallest absolute Gasteiger partial charge is 0.325 e. The van der Waals surface area contributed by atoms with Gasteiger partial charge in [0.05, 0.1) is 5.52 Å². The number of ketones is 1. The second-order valence-electron chi connectivity index (χ2n) is 16.1. The predicted molar refractivity (Wildman–Crippen MR) is 194 cm³/mol. The topological polar surface area (TPSA) is 123 Å². The Hall–Kier alpha value is -4.68. The largest absolute Gasteiger partial charge is 0.433 e. The summed E-state index contributed by atoms with van der Waals surface area (Å²) >= 11 is 0. The van der Waals surface area contributed by atoms with Crippen LogP contribution in [0.25, 0.3) is 22.0 Å². The highest BCUT2D eigenvalue weighted by Crippen LogP contribution is 2.63. The molecule has 0 unspecified atom stereocenters. The molecule has 0 spiro atoms. The second kappa shape index (κ2) is 13.6. The number of carbonyl (C=O) groups excluding carboxylic acids is 3. The standard InChI is InChI=1S/C40H46F3N7O3/c1-23-11-12-31(40(41,42)43)46-36(23)47-37(53)30-18-39-15-9-14-38(4,5)13-8-6-7-10-26-16-27(28-20-44-25(3)45-21-28)17-29-34(24(2)51)48-49(35(26)29)22-33(52)50(30)32(39)19-39/h11-12,16-17,20-21,30,32H,6-10,13-15,18-19,22H2,1-5H3,(H,46,47,53)/t30-,32+,39-/m0/s1. The predicted octanol–water partition coefficient (Wildman–Crippen LogP) is 8.04. The van der Waals surface area contributed by atoms with Crippen LogP contribution in [0.2, 0.25) is 0 Å². The number of benzene rings is 1. The Labute approximate surface area is 307 Å². The summed E-state index contributed by atoms with van der Waals surface area (Å²) in [7, 11) is 0. The third-order valence-corrected chi connectivity index (χ3v) is 11.6. The molecule has 7 rings (SSSR count). The summed E-state index contributed by atoms with van der Waals surface area (Å²) in [6, 6.07) is 5.07. The summed E-state index contributed by atoms with van der Waals surface area (Å²) in [5.41, 5.74) is 2.73. The molecule has 1 aromatic carbocycles. The molecule has 3 atom stereocenters. The maximum atomic E-state index is 14.5. The molecule has 53 heavy (non-hydrogen) atoms. The van der Waals surface area contributed by atoms with E-state index in [1.807, 2.05) is 13.0 Å². The second-order valence-corrected chi connectivity index (χ2v) is 16.1. The molecule has 1 N–H and O–H groups in total. The number of anilines is 1. The summed E-state index contributed by atoms with van der Waals surface area (Å²) in [5, 5.41) is 8.01. The number of rotatable bonds is 4. The number of Topliss-reactive ketones (excluding diaryl/α,β-unsaturated/α-hetero) is 1. The van der Waals surface area contributed by atoms with Gasteiger partial charge in [0.2, 0.25) is 11.8 Å². The number of aromatic nitrogens is 5. The fraction of sp³-hybridized carbons (Fsp3) is 0.525. The van der Waals surface area contributed by atoms with Gasteiger partial charge in [-0.05, 0) is 105 Å². The van der Waals surface area contributed by atoms with Crippen LogP contribution in [0.5, 0.6) is 0 Å². The maximum Gasteiger partial charge on any atom is 0.433 e. The molecule has 2 aliphatic heterocycles. The minimum absolute atomic E-state index is 0.125. The van der Waals surface area contributed by atoms with E-state index in [1.54, 1.807) is 28.9 Å². The van der Waals surface area contributed by atoms with Crippen LogP contribution in [-0.4, -0.2) is 59.3 Å². The van der Waals surface area contributed by atoms with E-state index in [1.165, 1.54) is 13.0 Å². The lowest BCUT2D eigenvalue weighted by Crippen LogP contribution is -2.47. The molecule has 2 amide bonds. The van der Waals surface area contributed by atoms with Crippen molar-refractivity contribution in [1.29, 1.82) is 0 Å². The molecule has 1 aliphatic carbocycles. The summed E-state index contributed by atoms with van der Waals surface area (Å²) in [6.07, 6.45) is 7.64. The number of aryl methyl sites for hydroxylation is 3. The van der Waals surface area contributed by atoms with Crippen molar-refractivity contribution in [3.8, 4) is 11.1 Å². The third-order valence-electron chi connectivity index (χ3n) is 11.6. The first-order valence-corrected chi connectivity index (χ1v) is 18.6. The van der Waals surface area contributed by atoms with E-state index in [0.717, 1.165) is 74.1 Å². The number of amides is 2. The average molecular weight is 730 g/mol. The van der Waals surface area contributed by atoms with Crippen molar-refractivity contribution in [3.63, 3.8) is 0 Å². The Morgan fingerprint density at radius 1 is 0.943 bits per heavy atom. The molecule has 2 bridgehead atoms. The Bertz CT molecular complexity index is 2090. The van der Waals surface area contributed by atoms with Crippen LogP contribution < -0.4 is 5.32 Å². The lowest BCUT2D eigenvalue weighted by Gasteiger charge is -2.27. The van der Waals surface area contributed by atoms with Gasteiger partial charge in [-0.15, -0.1) is 0 Å². The summed E-state index contributed by atoms with van der Waals surface area (Å²) in [4.78, 5) is 55.8. The SMILES string of the molecule is CC(=O)c1nn2c3c(cc(-c4cnc(C)nc4)cc13)CCCCCC(C)(C)CCC[C@@]13C[C@@H](C(=O)Nc4nc(C(F)(F)F)ccc4C)N(C(=O)C2)[C@@H]1C3. The molecule has 280 valence electrons. The lowest BCUT2D eigenvalue weighted by molar-refractivity contribution is -0.141. The number of hydrogen-bond donors (Lipinski definition) is 1. The van der Waals surface area contributed by atoms with Crippen molar-refractivity contribution in [3.05, 3.63) is 65.0 Å². The number of carbonyl (C=O) groups is 3. The zero-order chi connectivity index (χ0) is 37.9. The molecule has 0 radical (unpaired) electrons. The van der Waals surface area contributed by atoms with Gasteiger partial charge in [-0.1, -0.05) is 39.2 Å². The van der Waals surface area contributed by atoms with Crippen LogP contribution in [0.1, 0.15) is 112 Å². The van der Waals surface area contributed by atoms with E-state index < -0.39 is 23.8 Å². The van der Waals surface area contributed by atoms with Gasteiger partial charge in [0.15, 0.2) is 5.78 Å². The number of nitrogens with zero attached hydrogens (tertiary/aromatic N) is 6. The van der Waals surface area contributed by atoms with Gasteiger partial charge < -0.3 is 10.2 Å². The first-order valence-electron chi connectivity index (χ1n) is 18.6. The van der Waals surface area contributed by atoms with Crippen LogP contribution in [0.15, 0.2) is 36.7 Å². The minimum Gasteiger partial charge on any atom is -0.325 e. The van der Waals surface area contributed by atoms with Crippen LogP contribution in [0, 0.1) is 24.7 Å². The normalized spacial score (nSPS) is 23.4. The fourth-order valence-electron chi connectivity index (χ4n) is 8.62. The number of pyridine rings is 1. The van der Waals surface area contributed by atoms with Gasteiger partial charge in [0, 0.05) is 36.3 Å². The van der Waals surface area contributed by atoms with E-state index in [-0.39, 0.29) is 46.6 Å². The molecule has 3 aromatic heterocycles. The van der Waals surface area contributed by atoms with E-state index in [9.17, 15) is 27.6 Å². The highest BCUT2D eigenvalue weighted by atomic mass is 19.4. The van der Waals surface area contributed by atoms with Crippen molar-refractivity contribution in [2.45, 2.75) is 124 Å². The zero-order valence-electron chi connectivity index (χ0n) is 30.9. The Balaban J connectivity index is 1.28. The molecule has 3 aliphatic rings. The highest BCUT2D eigenvalue weighted by Gasteiger charge is 2.66. The quantitative estimate of drug-likeness (QED) is 0.211. The van der Waals surface area contributed by atoms with E-state index in [0.29, 0.717) is 35.1 Å². The van der Waals surface area contributed by atoms with Gasteiger partial charge >= 0.3 is 6.18 Å². The van der Waals surface area contributed by atoms with Crippen LogP contribution >= 0.6 is 0 Å². The van der Waals surface area contributed by atoms with Crippen LogP contribution in [0.4, 0.5) is 19.0 Å².